The van der Waals surface area contributed by atoms with Crippen molar-refractivity contribution in [2.45, 2.75) is 51.1 Å². The maximum atomic E-state index is 14.6. The number of amides is 1. The van der Waals surface area contributed by atoms with Crippen molar-refractivity contribution in [2.24, 2.45) is 0 Å². The fraction of sp³-hybridized carbons (Fsp3) is 0.462. The molecule has 2 N–H and O–H groups in total. The zero-order valence-electron chi connectivity index (χ0n) is 20.9. The summed E-state index contributed by atoms with van der Waals surface area (Å²) in [6.45, 7) is 4.90. The molecule has 1 amide bonds. The van der Waals surface area contributed by atoms with Gasteiger partial charge in [0.05, 0.1) is 30.1 Å². The quantitative estimate of drug-likeness (QED) is 0.382. The van der Waals surface area contributed by atoms with E-state index in [2.05, 4.69) is 27.6 Å². The molecule has 2 atom stereocenters. The molecule has 0 saturated carbocycles. The van der Waals surface area contributed by atoms with Crippen molar-refractivity contribution in [2.75, 3.05) is 32.0 Å². The van der Waals surface area contributed by atoms with E-state index in [9.17, 15) is 22.4 Å². The predicted octanol–water partition coefficient (Wildman–Crippen LogP) is 4.06. The van der Waals surface area contributed by atoms with E-state index in [1.165, 1.54) is 10.6 Å². The maximum Gasteiger partial charge on any atom is 0.393 e. The Kier molecular flexibility index (Phi) is 7.78. The molecule has 3 aromatic heterocycles. The number of pyridine rings is 1. The smallest absolute Gasteiger partial charge is 0.364 e. The van der Waals surface area contributed by atoms with E-state index in [1.807, 2.05) is 30.4 Å². The number of aromatic nitrogens is 3. The molecule has 4 rings (SSSR count). The van der Waals surface area contributed by atoms with Crippen LogP contribution in [0, 0.1) is 11.8 Å². The average molecular weight is 519 g/mol. The Morgan fingerprint density at radius 1 is 1.27 bits per heavy atom. The molecule has 0 unspecified atom stereocenters. The van der Waals surface area contributed by atoms with Crippen LogP contribution in [0.15, 0.2) is 36.7 Å². The summed E-state index contributed by atoms with van der Waals surface area (Å²) < 4.78 is 58.1. The third kappa shape index (κ3) is 6.43. The van der Waals surface area contributed by atoms with Gasteiger partial charge >= 0.3 is 6.18 Å². The van der Waals surface area contributed by atoms with Crippen molar-refractivity contribution in [1.29, 1.82) is 0 Å². The molecule has 198 valence electrons. The normalized spacial score (nSPS) is 18.6. The van der Waals surface area contributed by atoms with Crippen LogP contribution in [0.4, 0.5) is 23.4 Å². The highest BCUT2D eigenvalue weighted by molar-refractivity contribution is 5.94. The van der Waals surface area contributed by atoms with Gasteiger partial charge in [-0.2, -0.15) is 18.3 Å². The molecule has 7 nitrogen and oxygen atoms in total. The SMILES string of the molecule is CC(C)n1ccc(C(=O)NCC#Cc2nn3c(N[C@@H]4CCN(C)C[C@@H]4F)cccc3c2CC(F)(F)F)c1. The first kappa shape index (κ1) is 26.5. The predicted molar refractivity (Wildman–Crippen MR) is 133 cm³/mol. The van der Waals surface area contributed by atoms with Crippen LogP contribution in [0.25, 0.3) is 5.52 Å². The average Bonchev–Trinajstić information content (AvgIpc) is 3.44. The Balaban J connectivity index is 1.56. The second kappa shape index (κ2) is 10.8. The van der Waals surface area contributed by atoms with Gasteiger partial charge in [-0.25, -0.2) is 8.91 Å². The van der Waals surface area contributed by atoms with Gasteiger partial charge in [-0.1, -0.05) is 12.0 Å². The van der Waals surface area contributed by atoms with Crippen molar-refractivity contribution < 1.29 is 22.4 Å². The highest BCUT2D eigenvalue weighted by atomic mass is 19.4. The van der Waals surface area contributed by atoms with Crippen molar-refractivity contribution in [3.8, 4) is 11.8 Å². The van der Waals surface area contributed by atoms with Gasteiger partial charge in [0.25, 0.3) is 5.91 Å². The molecule has 0 aromatic carbocycles. The first-order valence-electron chi connectivity index (χ1n) is 12.1. The van der Waals surface area contributed by atoms with E-state index >= 15 is 0 Å². The van der Waals surface area contributed by atoms with E-state index in [4.69, 9.17) is 0 Å². The number of nitrogens with one attached hydrogen (secondary N) is 2. The zero-order valence-corrected chi connectivity index (χ0v) is 20.9. The number of hydrogen-bond acceptors (Lipinski definition) is 4. The molecule has 0 bridgehead atoms. The highest BCUT2D eigenvalue weighted by Gasteiger charge is 2.32. The summed E-state index contributed by atoms with van der Waals surface area (Å²) in [6.07, 6.45) is -2.74. The van der Waals surface area contributed by atoms with Gasteiger partial charge < -0.3 is 20.1 Å². The Morgan fingerprint density at radius 3 is 2.73 bits per heavy atom. The molecule has 1 saturated heterocycles. The molecule has 0 spiro atoms. The molecule has 0 radical (unpaired) electrons. The summed E-state index contributed by atoms with van der Waals surface area (Å²) in [5, 5.41) is 10.1. The Labute approximate surface area is 212 Å². The topological polar surface area (TPSA) is 66.6 Å². The molecule has 1 aliphatic heterocycles. The first-order valence-corrected chi connectivity index (χ1v) is 12.1. The number of rotatable bonds is 6. The third-order valence-corrected chi connectivity index (χ3v) is 6.33. The van der Waals surface area contributed by atoms with Crippen LogP contribution < -0.4 is 10.6 Å². The largest absolute Gasteiger partial charge is 0.393 e. The molecule has 37 heavy (non-hydrogen) atoms. The van der Waals surface area contributed by atoms with E-state index in [1.54, 1.807) is 30.6 Å². The summed E-state index contributed by atoms with van der Waals surface area (Å²) in [6, 6.07) is 6.22. The fourth-order valence-corrected chi connectivity index (χ4v) is 4.34. The van der Waals surface area contributed by atoms with E-state index < -0.39 is 24.8 Å². The third-order valence-electron chi connectivity index (χ3n) is 6.33. The zero-order chi connectivity index (χ0) is 26.7. The Morgan fingerprint density at radius 2 is 2.05 bits per heavy atom. The van der Waals surface area contributed by atoms with Gasteiger partial charge in [-0.3, -0.25) is 4.79 Å². The van der Waals surface area contributed by atoms with E-state index in [0.717, 1.165) is 0 Å². The van der Waals surface area contributed by atoms with Gasteiger partial charge in [0.1, 0.15) is 17.7 Å². The highest BCUT2D eigenvalue weighted by Crippen LogP contribution is 2.28. The molecular formula is C26H30F4N6O. The summed E-state index contributed by atoms with van der Waals surface area (Å²) in [5.74, 6) is 5.47. The number of alkyl halides is 4. The number of nitrogens with zero attached hydrogens (tertiary/aromatic N) is 4. The lowest BCUT2D eigenvalue weighted by Crippen LogP contribution is -2.46. The summed E-state index contributed by atoms with van der Waals surface area (Å²) in [7, 11) is 1.84. The number of anilines is 1. The number of piperidine rings is 1. The van der Waals surface area contributed by atoms with Gasteiger partial charge in [-0.15, -0.1) is 0 Å². The van der Waals surface area contributed by atoms with Crippen LogP contribution in [0.2, 0.25) is 0 Å². The molecule has 0 aliphatic carbocycles. The van der Waals surface area contributed by atoms with Crippen molar-refractivity contribution >= 4 is 17.2 Å². The Bertz CT molecular complexity index is 1320. The number of likely N-dealkylation sites (tertiary alicyclic amines) is 1. The first-order chi connectivity index (χ1) is 17.5. The minimum Gasteiger partial charge on any atom is -0.364 e. The number of hydrogen-bond donors (Lipinski definition) is 2. The second-order valence-corrected chi connectivity index (χ2v) is 9.57. The number of fused-ring (bicyclic) bond motifs is 1. The molecule has 1 fully saturated rings. The van der Waals surface area contributed by atoms with Crippen molar-refractivity contribution in [3.05, 3.63) is 53.5 Å². The van der Waals surface area contributed by atoms with Crippen LogP contribution in [0.3, 0.4) is 0 Å². The summed E-state index contributed by atoms with van der Waals surface area (Å²) in [5.41, 5.74) is 0.613. The lowest BCUT2D eigenvalue weighted by Gasteiger charge is -2.33. The monoisotopic (exact) mass is 518 g/mol. The second-order valence-electron chi connectivity index (χ2n) is 9.57. The number of carbonyl (C=O) groups is 1. The lowest BCUT2D eigenvalue weighted by atomic mass is 10.0. The fourth-order valence-electron chi connectivity index (χ4n) is 4.34. The standard InChI is InChI=1S/C26H30F4N6O/c1-17(2)35-13-9-18(15-35)25(37)31-11-5-6-21-19(14-26(28,29)30)23-7-4-8-24(36(23)33-21)32-22-10-12-34(3)16-20(22)27/h4,7-9,13,15,17,20,22,32H,10-12,14,16H2,1-3H3,(H,31,37)/t20-,22+/m0/s1. The molecule has 11 heteroatoms. The number of carbonyl (C=O) groups excluding carboxylic acids is 1. The van der Waals surface area contributed by atoms with E-state index in [0.29, 0.717) is 24.3 Å². The van der Waals surface area contributed by atoms with Crippen molar-refractivity contribution in [3.63, 3.8) is 0 Å². The molecular weight excluding hydrogens is 488 g/mol. The maximum absolute atomic E-state index is 14.6. The van der Waals surface area contributed by atoms with Crippen LogP contribution in [0.1, 0.15) is 47.9 Å². The lowest BCUT2D eigenvalue weighted by molar-refractivity contribution is -0.127. The molecule has 1 aliphatic rings. The van der Waals surface area contributed by atoms with Gasteiger partial charge in [0.15, 0.2) is 0 Å². The van der Waals surface area contributed by atoms with Crippen LogP contribution >= 0.6 is 0 Å². The Hall–Kier alpha value is -3.52. The van der Waals surface area contributed by atoms with Gasteiger partial charge in [0.2, 0.25) is 0 Å². The minimum atomic E-state index is -4.47. The van der Waals surface area contributed by atoms with Crippen LogP contribution in [-0.4, -0.2) is 70.1 Å². The van der Waals surface area contributed by atoms with Crippen LogP contribution in [0.5, 0.6) is 0 Å². The summed E-state index contributed by atoms with van der Waals surface area (Å²) in [4.78, 5) is 14.3. The van der Waals surface area contributed by atoms with Gasteiger partial charge in [0, 0.05) is 37.1 Å². The minimum absolute atomic E-state index is 0.0352. The summed E-state index contributed by atoms with van der Waals surface area (Å²) >= 11 is 0. The van der Waals surface area contributed by atoms with Crippen molar-refractivity contribution in [1.82, 2.24) is 24.4 Å². The van der Waals surface area contributed by atoms with Gasteiger partial charge in [-0.05, 0) is 51.4 Å². The number of halogens is 4. The molecule has 3 aromatic rings. The van der Waals surface area contributed by atoms with E-state index in [-0.39, 0.29) is 41.8 Å². The molecule has 4 heterocycles. The van der Waals surface area contributed by atoms with Crippen LogP contribution in [-0.2, 0) is 6.42 Å².